The van der Waals surface area contributed by atoms with Crippen LogP contribution in [-0.4, -0.2) is 18.7 Å². The second-order valence-electron chi connectivity index (χ2n) is 4.93. The summed E-state index contributed by atoms with van der Waals surface area (Å²) in [7, 11) is 0. The van der Waals surface area contributed by atoms with E-state index >= 15 is 0 Å². The largest absolute Gasteiger partial charge is 0.549 e. The van der Waals surface area contributed by atoms with E-state index in [-0.39, 0.29) is 6.61 Å². The van der Waals surface area contributed by atoms with E-state index in [1.807, 2.05) is 13.0 Å². The third-order valence-corrected chi connectivity index (χ3v) is 3.01. The molecule has 0 aromatic heterocycles. The number of ether oxygens (including phenoxy) is 1. The molecule has 0 saturated heterocycles. The van der Waals surface area contributed by atoms with E-state index in [2.05, 4.69) is 16.7 Å². The monoisotopic (exact) mass is 294 g/mol. The van der Waals surface area contributed by atoms with Gasteiger partial charge in [0.1, 0.15) is 0 Å². The molecule has 0 saturated carbocycles. The van der Waals surface area contributed by atoms with Crippen molar-refractivity contribution in [3.8, 4) is 0 Å². The third kappa shape index (κ3) is 6.29. The Labute approximate surface area is 125 Å². The van der Waals surface area contributed by atoms with Gasteiger partial charge in [-0.1, -0.05) is 43.9 Å². The maximum atomic E-state index is 11.7. The number of hydrogen-bond donors (Lipinski definition) is 0. The predicted octanol–water partition coefficient (Wildman–Crippen LogP) is 4.11. The summed E-state index contributed by atoms with van der Waals surface area (Å²) >= 11 is 0. The second-order valence-corrected chi connectivity index (χ2v) is 4.93. The molecular formula is C16H22O5. The standard InChI is InChI=1S/C16H22O5/c1-4-5-6-7-10-19-16(18)21-20-15(17)14-9-8-12(2)11-13(14)3/h8-9,11H,4-7,10H2,1-3H3. The highest BCUT2D eigenvalue weighted by atomic mass is 17.2. The van der Waals surface area contributed by atoms with Crippen LogP contribution >= 0.6 is 0 Å². The minimum atomic E-state index is -0.996. The third-order valence-electron chi connectivity index (χ3n) is 3.01. The molecular weight excluding hydrogens is 272 g/mol. The zero-order valence-corrected chi connectivity index (χ0v) is 12.8. The van der Waals surface area contributed by atoms with Crippen molar-refractivity contribution < 1.29 is 24.1 Å². The normalized spacial score (nSPS) is 10.0. The summed E-state index contributed by atoms with van der Waals surface area (Å²) in [6, 6.07) is 5.27. The molecule has 5 nitrogen and oxygen atoms in total. The lowest BCUT2D eigenvalue weighted by molar-refractivity contribution is -0.203. The molecule has 0 atom stereocenters. The molecule has 0 aliphatic rings. The summed E-state index contributed by atoms with van der Waals surface area (Å²) < 4.78 is 4.79. The Morgan fingerprint density at radius 2 is 1.81 bits per heavy atom. The van der Waals surface area contributed by atoms with Gasteiger partial charge < -0.3 is 4.74 Å². The molecule has 0 aliphatic heterocycles. The molecule has 5 heteroatoms. The van der Waals surface area contributed by atoms with Crippen LogP contribution in [0.2, 0.25) is 0 Å². The van der Waals surface area contributed by atoms with Gasteiger partial charge in [-0.25, -0.2) is 14.6 Å². The summed E-state index contributed by atoms with van der Waals surface area (Å²) in [4.78, 5) is 31.8. The zero-order valence-electron chi connectivity index (χ0n) is 12.8. The van der Waals surface area contributed by atoms with Crippen LogP contribution in [0.25, 0.3) is 0 Å². The number of aryl methyl sites for hydroxylation is 2. The van der Waals surface area contributed by atoms with Crippen molar-refractivity contribution in [2.75, 3.05) is 6.61 Å². The van der Waals surface area contributed by atoms with Gasteiger partial charge in [-0.3, -0.25) is 0 Å². The molecule has 1 aromatic carbocycles. The van der Waals surface area contributed by atoms with E-state index < -0.39 is 12.1 Å². The molecule has 0 spiro atoms. The van der Waals surface area contributed by atoms with E-state index in [0.29, 0.717) is 5.56 Å². The van der Waals surface area contributed by atoms with Crippen LogP contribution in [0.15, 0.2) is 18.2 Å². The quantitative estimate of drug-likeness (QED) is 0.342. The molecule has 1 aromatic rings. The van der Waals surface area contributed by atoms with Gasteiger partial charge >= 0.3 is 12.1 Å². The molecule has 0 bridgehead atoms. The van der Waals surface area contributed by atoms with E-state index in [1.54, 1.807) is 19.1 Å². The number of rotatable bonds is 6. The first kappa shape index (κ1) is 17.0. The van der Waals surface area contributed by atoms with E-state index in [1.165, 1.54) is 0 Å². The summed E-state index contributed by atoms with van der Waals surface area (Å²) in [5.41, 5.74) is 2.16. The number of benzene rings is 1. The highest BCUT2D eigenvalue weighted by molar-refractivity contribution is 5.91. The van der Waals surface area contributed by atoms with Crippen LogP contribution < -0.4 is 0 Å². The number of carbonyl (C=O) groups is 2. The van der Waals surface area contributed by atoms with Crippen LogP contribution in [0.3, 0.4) is 0 Å². The lowest BCUT2D eigenvalue weighted by Gasteiger charge is -2.06. The van der Waals surface area contributed by atoms with Crippen molar-refractivity contribution >= 4 is 12.1 Å². The average Bonchev–Trinajstić information content (AvgIpc) is 2.44. The van der Waals surface area contributed by atoms with Crippen LogP contribution in [0.4, 0.5) is 4.79 Å². The SMILES string of the molecule is CCCCCCOC(=O)OOC(=O)c1ccc(C)cc1C. The van der Waals surface area contributed by atoms with Gasteiger partial charge in [0.2, 0.25) is 0 Å². The van der Waals surface area contributed by atoms with Crippen molar-refractivity contribution in [2.45, 2.75) is 46.5 Å². The Kier molecular flexibility index (Phi) is 7.29. The molecule has 0 fully saturated rings. The molecule has 0 heterocycles. The van der Waals surface area contributed by atoms with Gasteiger partial charge in [0.15, 0.2) is 0 Å². The van der Waals surface area contributed by atoms with Crippen LogP contribution in [0.1, 0.15) is 54.1 Å². The predicted molar refractivity (Wildman–Crippen MR) is 77.9 cm³/mol. The number of unbranched alkanes of at least 4 members (excludes halogenated alkanes) is 3. The van der Waals surface area contributed by atoms with E-state index in [0.717, 1.165) is 36.8 Å². The van der Waals surface area contributed by atoms with Crippen molar-refractivity contribution in [2.24, 2.45) is 0 Å². The molecule has 0 amide bonds. The van der Waals surface area contributed by atoms with Crippen LogP contribution in [0.5, 0.6) is 0 Å². The lowest BCUT2D eigenvalue weighted by Crippen LogP contribution is -2.14. The molecule has 1 rings (SSSR count). The zero-order chi connectivity index (χ0) is 15.7. The van der Waals surface area contributed by atoms with Gasteiger partial charge in [0.25, 0.3) is 0 Å². The van der Waals surface area contributed by atoms with Gasteiger partial charge in [-0.2, -0.15) is 4.79 Å². The first-order valence-electron chi connectivity index (χ1n) is 7.17. The maximum Gasteiger partial charge on any atom is 0.549 e. The summed E-state index contributed by atoms with van der Waals surface area (Å²) in [6.45, 7) is 6.08. The fourth-order valence-corrected chi connectivity index (χ4v) is 1.87. The highest BCUT2D eigenvalue weighted by Gasteiger charge is 2.15. The van der Waals surface area contributed by atoms with Gasteiger partial charge in [0.05, 0.1) is 12.2 Å². The fourth-order valence-electron chi connectivity index (χ4n) is 1.87. The second kappa shape index (κ2) is 9.00. The highest BCUT2D eigenvalue weighted by Crippen LogP contribution is 2.12. The molecule has 0 unspecified atom stereocenters. The Hall–Kier alpha value is -2.04. The van der Waals surface area contributed by atoms with Gasteiger partial charge in [-0.15, -0.1) is 0 Å². The molecule has 0 N–H and O–H groups in total. The van der Waals surface area contributed by atoms with Crippen LogP contribution in [0, 0.1) is 13.8 Å². The first-order chi connectivity index (χ1) is 10.0. The Morgan fingerprint density at radius 3 is 2.48 bits per heavy atom. The molecule has 21 heavy (non-hydrogen) atoms. The minimum absolute atomic E-state index is 0.264. The number of hydrogen-bond acceptors (Lipinski definition) is 5. The smallest absolute Gasteiger partial charge is 0.432 e. The van der Waals surface area contributed by atoms with Crippen molar-refractivity contribution in [3.63, 3.8) is 0 Å². The maximum absolute atomic E-state index is 11.7. The van der Waals surface area contributed by atoms with Gasteiger partial charge in [0, 0.05) is 0 Å². The fraction of sp³-hybridized carbons (Fsp3) is 0.500. The minimum Gasteiger partial charge on any atom is -0.432 e. The molecule has 116 valence electrons. The Morgan fingerprint density at radius 1 is 1.05 bits per heavy atom. The van der Waals surface area contributed by atoms with Crippen molar-refractivity contribution in [1.82, 2.24) is 0 Å². The van der Waals surface area contributed by atoms with E-state index in [4.69, 9.17) is 4.74 Å². The topological polar surface area (TPSA) is 61.8 Å². The average molecular weight is 294 g/mol. The van der Waals surface area contributed by atoms with Crippen LogP contribution in [-0.2, 0) is 14.5 Å². The molecule has 0 aliphatic carbocycles. The Bertz CT molecular complexity index is 482. The van der Waals surface area contributed by atoms with Gasteiger partial charge in [-0.05, 0) is 31.9 Å². The van der Waals surface area contributed by atoms with E-state index in [9.17, 15) is 9.59 Å². The lowest BCUT2D eigenvalue weighted by atomic mass is 10.1. The first-order valence-corrected chi connectivity index (χ1v) is 7.17. The van der Waals surface area contributed by atoms with Crippen molar-refractivity contribution in [1.29, 1.82) is 0 Å². The Balaban J connectivity index is 2.30. The summed E-state index contributed by atoms with van der Waals surface area (Å²) in [5.74, 6) is -0.713. The van der Waals surface area contributed by atoms with Crippen molar-refractivity contribution in [3.05, 3.63) is 34.9 Å². The number of carbonyl (C=O) groups excluding carboxylic acids is 2. The molecule has 0 radical (unpaired) electrons. The summed E-state index contributed by atoms with van der Waals surface area (Å²) in [6.07, 6.45) is 2.97. The summed E-state index contributed by atoms with van der Waals surface area (Å²) in [5, 5.41) is 0.